The lowest BCUT2D eigenvalue weighted by molar-refractivity contribution is -0.122. The number of nitrogens with one attached hydrogen (secondary N) is 1. The van der Waals surface area contributed by atoms with Crippen LogP contribution in [-0.4, -0.2) is 44.0 Å². The van der Waals surface area contributed by atoms with Crippen LogP contribution in [0.2, 0.25) is 0 Å². The van der Waals surface area contributed by atoms with Gasteiger partial charge in [-0.3, -0.25) is 4.79 Å². The highest BCUT2D eigenvalue weighted by molar-refractivity contribution is 5.76. The largest absolute Gasteiger partial charge is 0.493 e. The van der Waals surface area contributed by atoms with Crippen LogP contribution >= 0.6 is 0 Å². The zero-order valence-electron chi connectivity index (χ0n) is 11.7. The van der Waals surface area contributed by atoms with Crippen LogP contribution in [0.1, 0.15) is 12.8 Å². The highest BCUT2D eigenvalue weighted by Gasteiger charge is 2.11. The summed E-state index contributed by atoms with van der Waals surface area (Å²) in [4.78, 5) is 11.7. The summed E-state index contributed by atoms with van der Waals surface area (Å²) < 4.78 is 10.4. The molecule has 1 atom stereocenters. The maximum Gasteiger partial charge on any atom is 0.223 e. The van der Waals surface area contributed by atoms with Gasteiger partial charge in [0, 0.05) is 25.5 Å². The van der Waals surface area contributed by atoms with E-state index in [-0.39, 0.29) is 31.6 Å². The molecule has 1 amide bonds. The summed E-state index contributed by atoms with van der Waals surface area (Å²) in [5.74, 6) is 0.506. The first-order valence-corrected chi connectivity index (χ1v) is 6.53. The van der Waals surface area contributed by atoms with E-state index in [1.165, 1.54) is 0 Å². The molecule has 0 radical (unpaired) electrons. The van der Waals surface area contributed by atoms with Crippen molar-refractivity contribution in [3.05, 3.63) is 24.3 Å². The third kappa shape index (κ3) is 6.40. The van der Waals surface area contributed by atoms with Crippen molar-refractivity contribution in [1.29, 1.82) is 0 Å². The number of nitrogen functional groups attached to an aromatic ring is 1. The van der Waals surface area contributed by atoms with E-state index in [9.17, 15) is 4.79 Å². The SMILES string of the molecule is COCC(CCO)NC(=O)CCOc1cccc(N)c1. The molecule has 0 spiro atoms. The number of amides is 1. The lowest BCUT2D eigenvalue weighted by atomic mass is 10.2. The molecule has 0 aliphatic carbocycles. The highest BCUT2D eigenvalue weighted by Crippen LogP contribution is 2.14. The Kier molecular flexibility index (Phi) is 7.46. The van der Waals surface area contributed by atoms with Gasteiger partial charge in [-0.05, 0) is 18.6 Å². The number of benzene rings is 1. The van der Waals surface area contributed by atoms with Crippen LogP contribution < -0.4 is 15.8 Å². The first-order valence-electron chi connectivity index (χ1n) is 6.53. The van der Waals surface area contributed by atoms with Crippen LogP contribution in [0.3, 0.4) is 0 Å². The van der Waals surface area contributed by atoms with Gasteiger partial charge in [-0.2, -0.15) is 0 Å². The fourth-order valence-electron chi connectivity index (χ4n) is 1.72. The first kappa shape index (κ1) is 16.3. The van der Waals surface area contributed by atoms with Crippen LogP contribution in [0.4, 0.5) is 5.69 Å². The quantitative estimate of drug-likeness (QED) is 0.575. The Balaban J connectivity index is 2.28. The van der Waals surface area contributed by atoms with E-state index in [2.05, 4.69) is 5.32 Å². The molecular formula is C14H22N2O4. The van der Waals surface area contributed by atoms with Crippen LogP contribution in [0.15, 0.2) is 24.3 Å². The Bertz CT molecular complexity index is 406. The van der Waals surface area contributed by atoms with Crippen LogP contribution in [0.25, 0.3) is 0 Å². The standard InChI is InChI=1S/C14H22N2O4/c1-19-10-12(5-7-17)16-14(18)6-8-20-13-4-2-3-11(15)9-13/h2-4,9,12,17H,5-8,10,15H2,1H3,(H,16,18). The number of anilines is 1. The fourth-order valence-corrected chi connectivity index (χ4v) is 1.72. The molecule has 1 aromatic carbocycles. The fraction of sp³-hybridized carbons (Fsp3) is 0.500. The molecule has 0 bridgehead atoms. The van der Waals surface area contributed by atoms with E-state index in [0.717, 1.165) is 0 Å². The highest BCUT2D eigenvalue weighted by atomic mass is 16.5. The molecule has 0 saturated heterocycles. The van der Waals surface area contributed by atoms with Gasteiger partial charge in [0.1, 0.15) is 5.75 Å². The van der Waals surface area contributed by atoms with Crippen LogP contribution in [0.5, 0.6) is 5.75 Å². The van der Waals surface area contributed by atoms with E-state index < -0.39 is 0 Å². The normalized spacial score (nSPS) is 11.9. The Morgan fingerprint density at radius 1 is 1.50 bits per heavy atom. The molecular weight excluding hydrogens is 260 g/mol. The minimum Gasteiger partial charge on any atom is -0.493 e. The average molecular weight is 282 g/mol. The first-order chi connectivity index (χ1) is 9.65. The number of rotatable bonds is 9. The summed E-state index contributed by atoms with van der Waals surface area (Å²) in [6, 6.07) is 6.88. The number of methoxy groups -OCH3 is 1. The van der Waals surface area contributed by atoms with Crippen molar-refractivity contribution < 1.29 is 19.4 Å². The third-order valence-electron chi connectivity index (χ3n) is 2.67. The van der Waals surface area contributed by atoms with Gasteiger partial charge in [0.25, 0.3) is 0 Å². The van der Waals surface area contributed by atoms with Crippen LogP contribution in [0, 0.1) is 0 Å². The Morgan fingerprint density at radius 2 is 2.30 bits per heavy atom. The zero-order valence-corrected chi connectivity index (χ0v) is 11.7. The molecule has 6 heteroatoms. The summed E-state index contributed by atoms with van der Waals surface area (Å²) in [6.45, 7) is 0.657. The predicted octanol–water partition coefficient (Wildman–Crippen LogP) is 0.551. The van der Waals surface area contributed by atoms with Gasteiger partial charge >= 0.3 is 0 Å². The van der Waals surface area contributed by atoms with Crippen molar-refractivity contribution in [3.8, 4) is 5.75 Å². The number of aliphatic hydroxyl groups is 1. The van der Waals surface area contributed by atoms with Crippen molar-refractivity contribution in [1.82, 2.24) is 5.32 Å². The number of carbonyl (C=O) groups is 1. The zero-order chi connectivity index (χ0) is 14.8. The molecule has 0 saturated carbocycles. The van der Waals surface area contributed by atoms with E-state index in [4.69, 9.17) is 20.3 Å². The maximum absolute atomic E-state index is 11.7. The summed E-state index contributed by atoms with van der Waals surface area (Å²) in [6.07, 6.45) is 0.704. The molecule has 0 aliphatic heterocycles. The van der Waals surface area contributed by atoms with Gasteiger partial charge in [-0.25, -0.2) is 0 Å². The molecule has 112 valence electrons. The Hall–Kier alpha value is -1.79. The smallest absolute Gasteiger partial charge is 0.223 e. The number of ether oxygens (including phenoxy) is 2. The van der Waals surface area contributed by atoms with Crippen LogP contribution in [-0.2, 0) is 9.53 Å². The van der Waals surface area contributed by atoms with Crippen molar-refractivity contribution in [2.24, 2.45) is 0 Å². The molecule has 20 heavy (non-hydrogen) atoms. The van der Waals surface area contributed by atoms with Crippen molar-refractivity contribution in [2.45, 2.75) is 18.9 Å². The van der Waals surface area contributed by atoms with Gasteiger partial charge in [-0.1, -0.05) is 6.07 Å². The summed E-state index contributed by atoms with van der Waals surface area (Å²) in [7, 11) is 1.56. The molecule has 1 unspecified atom stereocenters. The third-order valence-corrected chi connectivity index (χ3v) is 2.67. The number of carbonyl (C=O) groups excluding carboxylic acids is 1. The second-order valence-corrected chi connectivity index (χ2v) is 4.40. The second kappa shape index (κ2) is 9.17. The van der Waals surface area contributed by atoms with Crippen molar-refractivity contribution in [2.75, 3.05) is 32.7 Å². The molecule has 6 nitrogen and oxygen atoms in total. The number of hydrogen-bond acceptors (Lipinski definition) is 5. The predicted molar refractivity (Wildman–Crippen MR) is 76.5 cm³/mol. The average Bonchev–Trinajstić information content (AvgIpc) is 2.39. The van der Waals surface area contributed by atoms with Gasteiger partial charge < -0.3 is 25.6 Å². The summed E-state index contributed by atoms with van der Waals surface area (Å²) in [5.41, 5.74) is 6.25. The van der Waals surface area contributed by atoms with Gasteiger partial charge in [0.05, 0.1) is 25.7 Å². The van der Waals surface area contributed by atoms with E-state index in [1.54, 1.807) is 31.4 Å². The van der Waals surface area contributed by atoms with E-state index in [1.807, 2.05) is 0 Å². The Labute approximate surface area is 118 Å². The van der Waals surface area contributed by atoms with E-state index >= 15 is 0 Å². The number of aliphatic hydroxyl groups excluding tert-OH is 1. The minimum atomic E-state index is -0.176. The Morgan fingerprint density at radius 3 is 2.95 bits per heavy atom. The van der Waals surface area contributed by atoms with Gasteiger partial charge in [0.2, 0.25) is 5.91 Å². The van der Waals surface area contributed by atoms with Crippen molar-refractivity contribution in [3.63, 3.8) is 0 Å². The van der Waals surface area contributed by atoms with Gasteiger partial charge in [0.15, 0.2) is 0 Å². The molecule has 0 heterocycles. The van der Waals surface area contributed by atoms with Crippen molar-refractivity contribution >= 4 is 11.6 Å². The number of hydrogen-bond donors (Lipinski definition) is 3. The summed E-state index contributed by atoms with van der Waals surface area (Å²) in [5, 5.41) is 11.7. The minimum absolute atomic E-state index is 0.00803. The molecule has 0 aliphatic rings. The topological polar surface area (TPSA) is 93.8 Å². The maximum atomic E-state index is 11.7. The lowest BCUT2D eigenvalue weighted by Crippen LogP contribution is -2.39. The second-order valence-electron chi connectivity index (χ2n) is 4.40. The molecule has 1 aromatic rings. The molecule has 0 fully saturated rings. The monoisotopic (exact) mass is 282 g/mol. The molecule has 4 N–H and O–H groups in total. The van der Waals surface area contributed by atoms with Gasteiger partial charge in [-0.15, -0.1) is 0 Å². The molecule has 1 rings (SSSR count). The summed E-state index contributed by atoms with van der Waals surface area (Å²) >= 11 is 0. The molecule has 0 aromatic heterocycles. The number of nitrogens with two attached hydrogens (primary N) is 1. The van der Waals surface area contributed by atoms with E-state index in [0.29, 0.717) is 24.5 Å². The lowest BCUT2D eigenvalue weighted by Gasteiger charge is -2.16.